The molecule has 0 atom stereocenters. The molecule has 1 aromatic rings. The number of nitrogens with zero attached hydrogens (tertiary/aromatic N) is 3. The average Bonchev–Trinajstić information content (AvgIpc) is 3.07. The molecule has 0 saturated carbocycles. The van der Waals surface area contributed by atoms with Crippen LogP contribution in [-0.4, -0.2) is 69.3 Å². The zero-order valence-electron chi connectivity index (χ0n) is 13.6. The summed E-state index contributed by atoms with van der Waals surface area (Å²) in [6.07, 6.45) is 2.76. The van der Waals surface area contributed by atoms with Gasteiger partial charge in [-0.1, -0.05) is 0 Å². The highest BCUT2D eigenvalue weighted by atomic mass is 16.5. The normalized spacial score (nSPS) is 20.5. The molecule has 3 rings (SSSR count). The molecule has 0 bridgehead atoms. The van der Waals surface area contributed by atoms with Crippen molar-refractivity contribution in [1.82, 2.24) is 9.80 Å². The van der Waals surface area contributed by atoms with Gasteiger partial charge in [0.1, 0.15) is 5.75 Å². The maximum absolute atomic E-state index is 5.89. The van der Waals surface area contributed by atoms with E-state index in [4.69, 9.17) is 10.5 Å². The predicted molar refractivity (Wildman–Crippen MR) is 91.7 cm³/mol. The van der Waals surface area contributed by atoms with E-state index in [-0.39, 0.29) is 0 Å². The summed E-state index contributed by atoms with van der Waals surface area (Å²) >= 11 is 0. The smallest absolute Gasteiger partial charge is 0.143 e. The first-order chi connectivity index (χ1) is 10.8. The largest absolute Gasteiger partial charge is 0.495 e. The molecule has 2 N–H and O–H groups in total. The molecule has 0 radical (unpaired) electrons. The van der Waals surface area contributed by atoms with Gasteiger partial charge in [0.25, 0.3) is 0 Å². The van der Waals surface area contributed by atoms with Gasteiger partial charge in [-0.2, -0.15) is 0 Å². The molecule has 0 aromatic heterocycles. The zero-order valence-corrected chi connectivity index (χ0v) is 13.6. The van der Waals surface area contributed by atoms with Gasteiger partial charge in [-0.3, -0.25) is 4.90 Å². The number of nitrogens with two attached hydrogens (primary N) is 1. The average molecular weight is 304 g/mol. The maximum atomic E-state index is 5.89. The van der Waals surface area contributed by atoms with Crippen molar-refractivity contribution < 1.29 is 4.74 Å². The molecule has 2 aliphatic rings. The molecule has 122 valence electrons. The first-order valence-corrected chi connectivity index (χ1v) is 8.39. The number of hydrogen-bond donors (Lipinski definition) is 1. The van der Waals surface area contributed by atoms with Crippen LogP contribution in [0.2, 0.25) is 0 Å². The number of anilines is 2. The minimum absolute atomic E-state index is 0.704. The minimum Gasteiger partial charge on any atom is -0.495 e. The molecule has 2 fully saturated rings. The van der Waals surface area contributed by atoms with E-state index in [1.807, 2.05) is 6.07 Å². The van der Waals surface area contributed by atoms with Crippen LogP contribution < -0.4 is 15.4 Å². The summed E-state index contributed by atoms with van der Waals surface area (Å²) in [5.41, 5.74) is 7.81. The highest BCUT2D eigenvalue weighted by molar-refractivity contribution is 5.62. The van der Waals surface area contributed by atoms with E-state index in [2.05, 4.69) is 26.8 Å². The molecule has 0 spiro atoms. The van der Waals surface area contributed by atoms with E-state index in [0.29, 0.717) is 5.69 Å². The second-order valence-electron chi connectivity index (χ2n) is 6.30. The summed E-state index contributed by atoms with van der Waals surface area (Å²) in [6.45, 7) is 9.46. The van der Waals surface area contributed by atoms with Crippen molar-refractivity contribution in [3.05, 3.63) is 18.2 Å². The fourth-order valence-electron chi connectivity index (χ4n) is 3.42. The quantitative estimate of drug-likeness (QED) is 0.835. The van der Waals surface area contributed by atoms with Crippen LogP contribution in [-0.2, 0) is 0 Å². The third-order valence-corrected chi connectivity index (χ3v) is 4.89. The van der Waals surface area contributed by atoms with Crippen molar-refractivity contribution in [1.29, 1.82) is 0 Å². The van der Waals surface area contributed by atoms with Crippen LogP contribution in [0.4, 0.5) is 11.4 Å². The van der Waals surface area contributed by atoms with Gasteiger partial charge < -0.3 is 20.3 Å². The summed E-state index contributed by atoms with van der Waals surface area (Å²) in [7, 11) is 1.67. The van der Waals surface area contributed by atoms with E-state index in [1.165, 1.54) is 44.7 Å². The molecule has 2 saturated heterocycles. The van der Waals surface area contributed by atoms with Crippen LogP contribution >= 0.6 is 0 Å². The zero-order chi connectivity index (χ0) is 15.4. The number of nitrogen functional groups attached to an aromatic ring is 1. The van der Waals surface area contributed by atoms with Gasteiger partial charge in [0.2, 0.25) is 0 Å². The maximum Gasteiger partial charge on any atom is 0.143 e. The Balaban J connectivity index is 1.48. The first-order valence-electron chi connectivity index (χ1n) is 8.39. The molecule has 22 heavy (non-hydrogen) atoms. The third kappa shape index (κ3) is 3.65. The van der Waals surface area contributed by atoms with Gasteiger partial charge in [0, 0.05) is 51.0 Å². The molecule has 5 heteroatoms. The fraction of sp³-hybridized carbons (Fsp3) is 0.647. The summed E-state index contributed by atoms with van der Waals surface area (Å²) in [5, 5.41) is 0. The van der Waals surface area contributed by atoms with Crippen molar-refractivity contribution in [2.24, 2.45) is 0 Å². The standard InChI is InChI=1S/C17H28N4O/c1-22-17-14-15(4-5-16(17)18)21-12-10-20(11-13-21)9-8-19-6-2-3-7-19/h4-5,14H,2-3,6-13,18H2,1H3. The topological polar surface area (TPSA) is 45.0 Å². The number of hydrogen-bond acceptors (Lipinski definition) is 5. The molecule has 1 aromatic carbocycles. The molecule has 5 nitrogen and oxygen atoms in total. The summed E-state index contributed by atoms with van der Waals surface area (Å²) in [4.78, 5) is 7.61. The third-order valence-electron chi connectivity index (χ3n) is 4.89. The predicted octanol–water partition coefficient (Wildman–Crippen LogP) is 1.50. The van der Waals surface area contributed by atoms with Crippen molar-refractivity contribution >= 4 is 11.4 Å². The summed E-state index contributed by atoms with van der Waals surface area (Å²) in [6, 6.07) is 6.08. The van der Waals surface area contributed by atoms with Gasteiger partial charge >= 0.3 is 0 Å². The van der Waals surface area contributed by atoms with Crippen LogP contribution in [0.3, 0.4) is 0 Å². The Hall–Kier alpha value is -1.46. The van der Waals surface area contributed by atoms with Gasteiger partial charge in [0.05, 0.1) is 12.8 Å². The second-order valence-corrected chi connectivity index (χ2v) is 6.30. The monoisotopic (exact) mass is 304 g/mol. The second kappa shape index (κ2) is 7.20. The summed E-state index contributed by atoms with van der Waals surface area (Å²) < 4.78 is 5.33. The number of benzene rings is 1. The Labute approximate surface area is 133 Å². The van der Waals surface area contributed by atoms with Crippen LogP contribution in [0.25, 0.3) is 0 Å². The fourth-order valence-corrected chi connectivity index (χ4v) is 3.42. The number of piperazine rings is 1. The van der Waals surface area contributed by atoms with Crippen LogP contribution in [0, 0.1) is 0 Å². The van der Waals surface area contributed by atoms with Gasteiger partial charge in [-0.15, -0.1) is 0 Å². The molecule has 2 aliphatic heterocycles. The van der Waals surface area contributed by atoms with Gasteiger partial charge in [0.15, 0.2) is 0 Å². The lowest BCUT2D eigenvalue weighted by Gasteiger charge is -2.36. The molecule has 0 unspecified atom stereocenters. The van der Waals surface area contributed by atoms with Crippen LogP contribution in [0.15, 0.2) is 18.2 Å². The number of rotatable bonds is 5. The molecular formula is C17H28N4O. The SMILES string of the molecule is COc1cc(N2CCN(CCN3CCCC3)CC2)ccc1N. The molecule has 0 amide bonds. The lowest BCUT2D eigenvalue weighted by atomic mass is 10.2. The lowest BCUT2D eigenvalue weighted by Crippen LogP contribution is -2.48. The van der Waals surface area contributed by atoms with E-state index in [9.17, 15) is 0 Å². The van der Waals surface area contributed by atoms with E-state index in [0.717, 1.165) is 31.9 Å². The van der Waals surface area contributed by atoms with E-state index >= 15 is 0 Å². The highest BCUT2D eigenvalue weighted by Gasteiger charge is 2.19. The Kier molecular flexibility index (Phi) is 5.05. The summed E-state index contributed by atoms with van der Waals surface area (Å²) in [5.74, 6) is 0.772. The van der Waals surface area contributed by atoms with Gasteiger partial charge in [-0.25, -0.2) is 0 Å². The highest BCUT2D eigenvalue weighted by Crippen LogP contribution is 2.28. The Morgan fingerprint density at radius 1 is 0.955 bits per heavy atom. The Morgan fingerprint density at radius 3 is 2.23 bits per heavy atom. The Bertz CT molecular complexity index is 480. The molecular weight excluding hydrogens is 276 g/mol. The van der Waals surface area contributed by atoms with E-state index in [1.54, 1.807) is 7.11 Å². The van der Waals surface area contributed by atoms with Crippen molar-refractivity contribution in [2.45, 2.75) is 12.8 Å². The number of ether oxygens (including phenoxy) is 1. The Morgan fingerprint density at radius 2 is 1.59 bits per heavy atom. The molecule has 0 aliphatic carbocycles. The van der Waals surface area contributed by atoms with Crippen LogP contribution in [0.1, 0.15) is 12.8 Å². The first kappa shape index (κ1) is 15.4. The van der Waals surface area contributed by atoms with Crippen molar-refractivity contribution in [2.75, 3.05) is 70.1 Å². The van der Waals surface area contributed by atoms with E-state index < -0.39 is 0 Å². The minimum atomic E-state index is 0.704. The van der Waals surface area contributed by atoms with Gasteiger partial charge in [-0.05, 0) is 38.1 Å². The van der Waals surface area contributed by atoms with Crippen LogP contribution in [0.5, 0.6) is 5.75 Å². The van der Waals surface area contributed by atoms with Crippen molar-refractivity contribution in [3.63, 3.8) is 0 Å². The van der Waals surface area contributed by atoms with Crippen molar-refractivity contribution in [3.8, 4) is 5.75 Å². The number of methoxy groups -OCH3 is 1. The lowest BCUT2D eigenvalue weighted by molar-refractivity contribution is 0.215. The number of likely N-dealkylation sites (tertiary alicyclic amines) is 1. The molecule has 2 heterocycles.